The fraction of sp³-hybridized carbons (Fsp3) is 0.417. The summed E-state index contributed by atoms with van der Waals surface area (Å²) in [5.41, 5.74) is 3.84. The molecule has 1 atom stereocenters. The molecule has 0 spiro atoms. The lowest BCUT2D eigenvalue weighted by molar-refractivity contribution is -0.136. The second kappa shape index (κ2) is 5.30. The van der Waals surface area contributed by atoms with Gasteiger partial charge in [0, 0.05) is 13.2 Å². The van der Waals surface area contributed by atoms with Crippen molar-refractivity contribution in [3.8, 4) is 0 Å². The molecule has 3 N–H and O–H groups in total. The first-order valence-electron chi connectivity index (χ1n) is 5.45. The number of benzene rings is 1. The first-order chi connectivity index (χ1) is 8.34. The Labute approximate surface area is 104 Å². The fourth-order valence-electron chi connectivity index (χ4n) is 1.31. The van der Waals surface area contributed by atoms with Gasteiger partial charge in [-0.05, 0) is 19.4 Å². The van der Waals surface area contributed by atoms with Crippen molar-refractivity contribution in [2.75, 3.05) is 18.2 Å². The molecule has 1 unspecified atom stereocenters. The number of nitrogens with two attached hydrogens (primary N) is 1. The van der Waals surface area contributed by atoms with Gasteiger partial charge in [-0.25, -0.2) is 8.78 Å². The number of methoxy groups -OCH3 is 1. The molecule has 0 bridgehead atoms. The summed E-state index contributed by atoms with van der Waals surface area (Å²) >= 11 is 0. The van der Waals surface area contributed by atoms with Crippen LogP contribution in [-0.2, 0) is 9.53 Å². The molecule has 0 radical (unpaired) electrons. The Morgan fingerprint density at radius 3 is 2.56 bits per heavy atom. The van der Waals surface area contributed by atoms with E-state index in [0.717, 1.165) is 6.07 Å². The van der Waals surface area contributed by atoms with Crippen molar-refractivity contribution in [3.63, 3.8) is 0 Å². The van der Waals surface area contributed by atoms with Crippen LogP contribution < -0.4 is 11.1 Å². The summed E-state index contributed by atoms with van der Waals surface area (Å²) in [6, 6.07) is 1.66. The van der Waals surface area contributed by atoms with E-state index in [1.165, 1.54) is 7.11 Å². The molecule has 0 heterocycles. The summed E-state index contributed by atoms with van der Waals surface area (Å²) in [4.78, 5) is 11.9. The number of nitrogen functional groups attached to an aromatic ring is 1. The van der Waals surface area contributed by atoms with Gasteiger partial charge in [-0.15, -0.1) is 0 Å². The maximum atomic E-state index is 13.4. The smallest absolute Gasteiger partial charge is 0.256 e. The minimum Gasteiger partial charge on any atom is -0.396 e. The Hall–Kier alpha value is -1.69. The van der Waals surface area contributed by atoms with Crippen LogP contribution >= 0.6 is 0 Å². The van der Waals surface area contributed by atoms with E-state index in [0.29, 0.717) is 12.5 Å². The summed E-state index contributed by atoms with van der Waals surface area (Å²) < 4.78 is 31.5. The van der Waals surface area contributed by atoms with E-state index in [4.69, 9.17) is 10.5 Å². The third-order valence-electron chi connectivity index (χ3n) is 2.94. The number of halogens is 2. The zero-order chi connectivity index (χ0) is 13.9. The molecule has 1 rings (SSSR count). The minimum absolute atomic E-state index is 0.171. The molecule has 0 saturated carbocycles. The highest BCUT2D eigenvalue weighted by molar-refractivity contribution is 5.97. The number of hydrogen-bond donors (Lipinski definition) is 2. The quantitative estimate of drug-likeness (QED) is 0.814. The molecule has 0 saturated heterocycles. The summed E-state index contributed by atoms with van der Waals surface area (Å²) in [6.07, 6.45) is 0.410. The highest BCUT2D eigenvalue weighted by Gasteiger charge is 2.31. The average Bonchev–Trinajstić information content (AvgIpc) is 2.34. The van der Waals surface area contributed by atoms with E-state index >= 15 is 0 Å². The Balaban J connectivity index is 2.98. The minimum atomic E-state index is -1.07. The molecule has 1 aromatic carbocycles. The Kier molecular flexibility index (Phi) is 4.24. The Morgan fingerprint density at radius 1 is 1.44 bits per heavy atom. The van der Waals surface area contributed by atoms with Gasteiger partial charge >= 0.3 is 0 Å². The monoisotopic (exact) mass is 258 g/mol. The molecule has 4 nitrogen and oxygen atoms in total. The predicted molar refractivity (Wildman–Crippen MR) is 65.1 cm³/mol. The maximum absolute atomic E-state index is 13.4. The first kappa shape index (κ1) is 14.4. The molecule has 100 valence electrons. The zero-order valence-electron chi connectivity index (χ0n) is 10.5. The molecule has 0 fully saturated rings. The lowest BCUT2D eigenvalue weighted by Gasteiger charge is -2.25. The van der Waals surface area contributed by atoms with Crippen molar-refractivity contribution in [3.05, 3.63) is 23.8 Å². The molecule has 1 aromatic rings. The second-order valence-electron chi connectivity index (χ2n) is 4.10. The fourth-order valence-corrected chi connectivity index (χ4v) is 1.31. The van der Waals surface area contributed by atoms with Crippen molar-refractivity contribution in [1.82, 2.24) is 0 Å². The normalized spacial score (nSPS) is 14.1. The van der Waals surface area contributed by atoms with E-state index in [1.54, 1.807) is 13.8 Å². The van der Waals surface area contributed by atoms with Crippen molar-refractivity contribution in [1.29, 1.82) is 0 Å². The van der Waals surface area contributed by atoms with E-state index in [9.17, 15) is 13.6 Å². The number of ether oxygens (including phenoxy) is 1. The van der Waals surface area contributed by atoms with E-state index < -0.39 is 23.1 Å². The molecular formula is C12H16F2N2O2. The average molecular weight is 258 g/mol. The predicted octanol–water partition coefficient (Wildman–Crippen LogP) is 2.30. The van der Waals surface area contributed by atoms with Gasteiger partial charge in [0.25, 0.3) is 5.91 Å². The van der Waals surface area contributed by atoms with Crippen LogP contribution in [0, 0.1) is 11.6 Å². The number of amides is 1. The van der Waals surface area contributed by atoms with E-state index in [2.05, 4.69) is 5.32 Å². The summed E-state index contributed by atoms with van der Waals surface area (Å²) in [5, 5.41) is 2.34. The van der Waals surface area contributed by atoms with Gasteiger partial charge in [0.2, 0.25) is 0 Å². The van der Waals surface area contributed by atoms with Crippen molar-refractivity contribution < 1.29 is 18.3 Å². The van der Waals surface area contributed by atoms with Crippen LogP contribution in [0.25, 0.3) is 0 Å². The van der Waals surface area contributed by atoms with Crippen molar-refractivity contribution in [2.45, 2.75) is 25.9 Å². The van der Waals surface area contributed by atoms with Gasteiger partial charge in [0.15, 0.2) is 0 Å². The van der Waals surface area contributed by atoms with E-state index in [1.807, 2.05) is 0 Å². The van der Waals surface area contributed by atoms with Crippen molar-refractivity contribution >= 4 is 17.3 Å². The Morgan fingerprint density at radius 2 is 2.06 bits per heavy atom. The Bertz CT molecular complexity index is 460. The van der Waals surface area contributed by atoms with Crippen LogP contribution in [0.15, 0.2) is 12.1 Å². The molecule has 0 aliphatic heterocycles. The topological polar surface area (TPSA) is 64.3 Å². The molecule has 0 aliphatic carbocycles. The van der Waals surface area contributed by atoms with Crippen LogP contribution in [0.5, 0.6) is 0 Å². The van der Waals surface area contributed by atoms with Crippen molar-refractivity contribution in [2.24, 2.45) is 0 Å². The van der Waals surface area contributed by atoms with Crippen LogP contribution in [0.3, 0.4) is 0 Å². The number of anilines is 2. The van der Waals surface area contributed by atoms with Gasteiger partial charge in [-0.2, -0.15) is 0 Å². The number of hydrogen-bond acceptors (Lipinski definition) is 3. The van der Waals surface area contributed by atoms with Gasteiger partial charge in [-0.1, -0.05) is 6.92 Å². The molecule has 6 heteroatoms. The summed E-state index contributed by atoms with van der Waals surface area (Å²) in [7, 11) is 1.39. The lowest BCUT2D eigenvalue weighted by Crippen LogP contribution is -2.41. The number of carbonyl (C=O) groups is 1. The SMILES string of the molecule is CCC(C)(OC)C(=O)Nc1cc(N)c(F)cc1F. The third-order valence-corrected chi connectivity index (χ3v) is 2.94. The number of rotatable bonds is 4. The zero-order valence-corrected chi connectivity index (χ0v) is 10.5. The molecule has 18 heavy (non-hydrogen) atoms. The van der Waals surface area contributed by atoms with Crippen LogP contribution in [0.1, 0.15) is 20.3 Å². The summed E-state index contributed by atoms with van der Waals surface area (Å²) in [6.45, 7) is 3.34. The summed E-state index contributed by atoms with van der Waals surface area (Å²) in [5.74, 6) is -2.27. The largest absolute Gasteiger partial charge is 0.396 e. The lowest BCUT2D eigenvalue weighted by atomic mass is 10.0. The third kappa shape index (κ3) is 2.76. The highest BCUT2D eigenvalue weighted by Crippen LogP contribution is 2.23. The highest BCUT2D eigenvalue weighted by atomic mass is 19.1. The maximum Gasteiger partial charge on any atom is 0.256 e. The second-order valence-corrected chi connectivity index (χ2v) is 4.10. The van der Waals surface area contributed by atoms with Gasteiger partial charge in [0.05, 0.1) is 11.4 Å². The van der Waals surface area contributed by atoms with Gasteiger partial charge in [-0.3, -0.25) is 4.79 Å². The molecular weight excluding hydrogens is 242 g/mol. The van der Waals surface area contributed by atoms with Crippen LogP contribution in [0.4, 0.5) is 20.2 Å². The number of carbonyl (C=O) groups excluding carboxylic acids is 1. The van der Waals surface area contributed by atoms with Gasteiger partial charge in [0.1, 0.15) is 17.2 Å². The van der Waals surface area contributed by atoms with Gasteiger partial charge < -0.3 is 15.8 Å². The van der Waals surface area contributed by atoms with Crippen LogP contribution in [-0.4, -0.2) is 18.6 Å². The molecule has 1 amide bonds. The molecule has 0 aliphatic rings. The standard InChI is InChI=1S/C12H16F2N2O2/c1-4-12(2,18-3)11(17)16-10-6-9(15)7(13)5-8(10)14/h5-6H,4,15H2,1-3H3,(H,16,17). The first-order valence-corrected chi connectivity index (χ1v) is 5.45. The van der Waals surface area contributed by atoms with Crippen LogP contribution in [0.2, 0.25) is 0 Å². The van der Waals surface area contributed by atoms with E-state index in [-0.39, 0.29) is 11.4 Å². The number of nitrogens with one attached hydrogen (secondary N) is 1. The molecule has 0 aromatic heterocycles.